The van der Waals surface area contributed by atoms with Crippen LogP contribution in [0.3, 0.4) is 0 Å². The topological polar surface area (TPSA) is 66.4 Å². The fourth-order valence-electron chi connectivity index (χ4n) is 3.58. The molecule has 5 atom stereocenters. The van der Waals surface area contributed by atoms with Gasteiger partial charge in [-0.25, -0.2) is 0 Å². The number of carboxylic acids is 1. The van der Waals surface area contributed by atoms with Crippen molar-refractivity contribution in [2.24, 2.45) is 17.8 Å². The lowest BCUT2D eigenvalue weighted by Gasteiger charge is -2.28. The maximum absolute atomic E-state index is 11.8. The van der Waals surface area contributed by atoms with Gasteiger partial charge in [0.25, 0.3) is 0 Å². The van der Waals surface area contributed by atoms with E-state index in [4.69, 9.17) is 5.11 Å². The lowest BCUT2D eigenvalue weighted by atomic mass is 9.84. The number of carbonyl (C=O) groups excluding carboxylic acids is 1. The van der Waals surface area contributed by atoms with Gasteiger partial charge in [-0.1, -0.05) is 6.42 Å². The molecule has 0 aliphatic heterocycles. The molecule has 0 aromatic carbocycles. The first kappa shape index (κ1) is 14.7. The van der Waals surface area contributed by atoms with Crippen molar-refractivity contribution in [3.63, 3.8) is 0 Å². The Bertz CT molecular complexity index is 361. The van der Waals surface area contributed by atoms with Gasteiger partial charge in [0.15, 0.2) is 0 Å². The molecule has 1 amide bonds. The van der Waals surface area contributed by atoms with Crippen molar-refractivity contribution in [1.82, 2.24) is 5.32 Å². The van der Waals surface area contributed by atoms with E-state index in [1.54, 1.807) is 6.92 Å². The van der Waals surface area contributed by atoms with E-state index in [2.05, 4.69) is 12.2 Å². The summed E-state index contributed by atoms with van der Waals surface area (Å²) < 4.78 is 0. The Labute approximate surface area is 118 Å². The van der Waals surface area contributed by atoms with E-state index < -0.39 is 11.2 Å². The second-order valence-corrected chi connectivity index (χ2v) is 7.32. The highest BCUT2D eigenvalue weighted by molar-refractivity contribution is 8.01. The summed E-state index contributed by atoms with van der Waals surface area (Å²) in [6.07, 6.45) is 5.29. The standard InChI is InChI=1S/C14H23NO3S/c1-8(12-6-10-3-4-11(12)5-10)15-13(16)7-19-9(2)14(17)18/h8-12H,3-7H2,1-2H3,(H,15,16)(H,17,18)/t8-,9+,10+,11+,12-/m1/s1. The minimum Gasteiger partial charge on any atom is -0.480 e. The molecule has 0 saturated heterocycles. The van der Waals surface area contributed by atoms with Gasteiger partial charge in [-0.05, 0) is 50.9 Å². The minimum absolute atomic E-state index is 0.0339. The fraction of sp³-hybridized carbons (Fsp3) is 0.857. The number of carbonyl (C=O) groups is 2. The van der Waals surface area contributed by atoms with Crippen LogP contribution in [0.5, 0.6) is 0 Å². The van der Waals surface area contributed by atoms with Crippen LogP contribution in [0.25, 0.3) is 0 Å². The molecule has 2 N–H and O–H groups in total. The van der Waals surface area contributed by atoms with E-state index in [9.17, 15) is 9.59 Å². The van der Waals surface area contributed by atoms with Crippen LogP contribution in [-0.2, 0) is 9.59 Å². The molecule has 0 spiro atoms. The van der Waals surface area contributed by atoms with Gasteiger partial charge < -0.3 is 10.4 Å². The number of fused-ring (bicyclic) bond motifs is 2. The van der Waals surface area contributed by atoms with Crippen LogP contribution in [0.2, 0.25) is 0 Å². The molecule has 2 aliphatic carbocycles. The Kier molecular flexibility index (Phi) is 4.76. The maximum Gasteiger partial charge on any atom is 0.316 e. The lowest BCUT2D eigenvalue weighted by molar-refractivity contribution is -0.136. The largest absolute Gasteiger partial charge is 0.480 e. The van der Waals surface area contributed by atoms with Gasteiger partial charge in [0.1, 0.15) is 0 Å². The van der Waals surface area contributed by atoms with Crippen LogP contribution in [0.1, 0.15) is 39.5 Å². The van der Waals surface area contributed by atoms with Gasteiger partial charge in [-0.3, -0.25) is 9.59 Å². The Morgan fingerprint density at radius 1 is 1.32 bits per heavy atom. The molecule has 2 aliphatic rings. The number of aliphatic carboxylic acids is 1. The number of hydrogen-bond donors (Lipinski definition) is 2. The number of thioether (sulfide) groups is 1. The smallest absolute Gasteiger partial charge is 0.316 e. The average molecular weight is 285 g/mol. The molecule has 0 heterocycles. The second-order valence-electron chi connectivity index (χ2n) is 5.99. The Balaban J connectivity index is 1.71. The van der Waals surface area contributed by atoms with Crippen molar-refractivity contribution in [1.29, 1.82) is 0 Å². The van der Waals surface area contributed by atoms with E-state index in [0.29, 0.717) is 5.92 Å². The molecule has 2 bridgehead atoms. The normalized spacial score (nSPS) is 32.0. The van der Waals surface area contributed by atoms with Crippen molar-refractivity contribution in [3.8, 4) is 0 Å². The number of nitrogens with one attached hydrogen (secondary N) is 1. The molecule has 5 heteroatoms. The van der Waals surface area contributed by atoms with Gasteiger partial charge >= 0.3 is 5.97 Å². The predicted octanol–water partition coefficient (Wildman–Crippen LogP) is 2.13. The first-order valence-corrected chi connectivity index (χ1v) is 8.16. The molecule has 0 radical (unpaired) electrons. The summed E-state index contributed by atoms with van der Waals surface area (Å²) in [6.45, 7) is 3.70. The van der Waals surface area contributed by atoms with Crippen LogP contribution < -0.4 is 5.32 Å². The number of rotatable bonds is 6. The van der Waals surface area contributed by atoms with Crippen LogP contribution in [0.15, 0.2) is 0 Å². The molecule has 0 aromatic rings. The van der Waals surface area contributed by atoms with Gasteiger partial charge in [0.05, 0.1) is 11.0 Å². The third kappa shape index (κ3) is 3.65. The molecule has 2 fully saturated rings. The van der Waals surface area contributed by atoms with Crippen molar-refractivity contribution in [2.45, 2.75) is 50.8 Å². The molecule has 2 rings (SSSR count). The summed E-state index contributed by atoms with van der Waals surface area (Å²) in [5.41, 5.74) is 0. The minimum atomic E-state index is -0.862. The average Bonchev–Trinajstić information content (AvgIpc) is 2.97. The monoisotopic (exact) mass is 285 g/mol. The second kappa shape index (κ2) is 6.16. The quantitative estimate of drug-likeness (QED) is 0.784. The zero-order chi connectivity index (χ0) is 14.0. The van der Waals surface area contributed by atoms with E-state index in [1.165, 1.54) is 37.4 Å². The van der Waals surface area contributed by atoms with Gasteiger partial charge in [0, 0.05) is 6.04 Å². The zero-order valence-corrected chi connectivity index (χ0v) is 12.4. The molecular formula is C14H23NO3S. The van der Waals surface area contributed by atoms with E-state index in [0.717, 1.165) is 11.8 Å². The van der Waals surface area contributed by atoms with E-state index in [1.807, 2.05) is 0 Å². The number of amides is 1. The van der Waals surface area contributed by atoms with E-state index >= 15 is 0 Å². The van der Waals surface area contributed by atoms with Crippen LogP contribution in [0.4, 0.5) is 0 Å². The highest BCUT2D eigenvalue weighted by atomic mass is 32.2. The first-order chi connectivity index (χ1) is 8.97. The summed E-state index contributed by atoms with van der Waals surface area (Å²) >= 11 is 1.18. The summed E-state index contributed by atoms with van der Waals surface area (Å²) in [4.78, 5) is 22.5. The Morgan fingerprint density at radius 3 is 2.58 bits per heavy atom. The molecule has 0 aromatic heterocycles. The fourth-order valence-corrected chi connectivity index (χ4v) is 4.21. The molecule has 19 heavy (non-hydrogen) atoms. The van der Waals surface area contributed by atoms with Crippen molar-refractivity contribution >= 4 is 23.6 Å². The third-order valence-corrected chi connectivity index (χ3v) is 5.77. The molecule has 0 unspecified atom stereocenters. The number of carboxylic acid groups (broad SMARTS) is 1. The molecule has 108 valence electrons. The summed E-state index contributed by atoms with van der Waals surface area (Å²) in [5, 5.41) is 11.3. The molecule has 4 nitrogen and oxygen atoms in total. The van der Waals surface area contributed by atoms with E-state index in [-0.39, 0.29) is 17.7 Å². The van der Waals surface area contributed by atoms with Crippen LogP contribution in [-0.4, -0.2) is 34.0 Å². The Hall–Kier alpha value is -0.710. The highest BCUT2D eigenvalue weighted by Gasteiger charge is 2.42. The van der Waals surface area contributed by atoms with Gasteiger partial charge in [-0.15, -0.1) is 11.8 Å². The lowest BCUT2D eigenvalue weighted by Crippen LogP contribution is -2.41. The maximum atomic E-state index is 11.8. The highest BCUT2D eigenvalue weighted by Crippen LogP contribution is 2.49. The zero-order valence-electron chi connectivity index (χ0n) is 11.6. The van der Waals surface area contributed by atoms with Crippen molar-refractivity contribution < 1.29 is 14.7 Å². The van der Waals surface area contributed by atoms with Gasteiger partial charge in [0.2, 0.25) is 5.91 Å². The van der Waals surface area contributed by atoms with Crippen molar-refractivity contribution in [3.05, 3.63) is 0 Å². The number of hydrogen-bond acceptors (Lipinski definition) is 3. The first-order valence-electron chi connectivity index (χ1n) is 7.11. The summed E-state index contributed by atoms with van der Waals surface area (Å²) in [5.74, 6) is 1.65. The third-order valence-electron chi connectivity index (χ3n) is 4.64. The SMILES string of the molecule is C[C@H](SCC(=O)N[C@H](C)[C@H]1C[C@H]2CC[C@H]1C2)C(=O)O. The summed E-state index contributed by atoms with van der Waals surface area (Å²) in [7, 11) is 0. The van der Waals surface area contributed by atoms with Crippen LogP contribution >= 0.6 is 11.8 Å². The Morgan fingerprint density at radius 2 is 2.05 bits per heavy atom. The van der Waals surface area contributed by atoms with Crippen molar-refractivity contribution in [2.75, 3.05) is 5.75 Å². The van der Waals surface area contributed by atoms with Crippen LogP contribution in [0, 0.1) is 17.8 Å². The molecular weight excluding hydrogens is 262 g/mol. The van der Waals surface area contributed by atoms with Gasteiger partial charge in [-0.2, -0.15) is 0 Å². The molecule has 2 saturated carbocycles. The predicted molar refractivity (Wildman–Crippen MR) is 76.1 cm³/mol. The summed E-state index contributed by atoms with van der Waals surface area (Å²) in [6, 6.07) is 0.225.